The minimum atomic E-state index is -0.474. The lowest BCUT2D eigenvalue weighted by atomic mass is 10.1. The number of alkyl carbamates (subject to hydrolysis) is 1. The molecule has 0 saturated heterocycles. The lowest BCUT2D eigenvalue weighted by Gasteiger charge is -2.27. The molecule has 1 aromatic heterocycles. The lowest BCUT2D eigenvalue weighted by molar-refractivity contribution is 0.0523. The fraction of sp³-hybridized carbons (Fsp3) is 0.647. The van der Waals surface area contributed by atoms with Gasteiger partial charge >= 0.3 is 6.09 Å². The number of aromatic nitrogens is 1. The van der Waals surface area contributed by atoms with Crippen LogP contribution in [0.1, 0.15) is 32.8 Å². The molecular formula is C17H30N4O2. The topological polar surface area (TPSA) is 80.5 Å². The largest absolute Gasteiger partial charge is 0.444 e. The number of carbonyl (C=O) groups excluding carboxylic acids is 1. The molecule has 0 fully saturated rings. The van der Waals surface area contributed by atoms with Crippen LogP contribution in [0.3, 0.4) is 0 Å². The minimum absolute atomic E-state index is 0.228. The third-order valence-electron chi connectivity index (χ3n) is 3.54. The number of hydrogen-bond donors (Lipinski definition) is 2. The van der Waals surface area contributed by atoms with Crippen molar-refractivity contribution in [3.8, 4) is 0 Å². The van der Waals surface area contributed by atoms with Crippen molar-refractivity contribution in [2.24, 2.45) is 5.73 Å². The van der Waals surface area contributed by atoms with Crippen LogP contribution in [-0.2, 0) is 11.2 Å². The van der Waals surface area contributed by atoms with Crippen LogP contribution in [-0.4, -0.2) is 54.3 Å². The summed E-state index contributed by atoms with van der Waals surface area (Å²) in [6, 6.07) is 4.27. The van der Waals surface area contributed by atoms with Gasteiger partial charge in [-0.25, -0.2) is 4.79 Å². The fourth-order valence-corrected chi connectivity index (χ4v) is 2.21. The van der Waals surface area contributed by atoms with Crippen molar-refractivity contribution in [1.29, 1.82) is 0 Å². The van der Waals surface area contributed by atoms with Crippen molar-refractivity contribution >= 4 is 6.09 Å². The average Bonchev–Trinajstić information content (AvgIpc) is 2.48. The van der Waals surface area contributed by atoms with Crippen LogP contribution in [0, 0.1) is 0 Å². The van der Waals surface area contributed by atoms with Gasteiger partial charge < -0.3 is 20.7 Å². The van der Waals surface area contributed by atoms with E-state index in [4.69, 9.17) is 10.5 Å². The van der Waals surface area contributed by atoms with Gasteiger partial charge in [0.15, 0.2) is 0 Å². The van der Waals surface area contributed by atoms with Crippen molar-refractivity contribution < 1.29 is 9.53 Å². The Bertz CT molecular complexity index is 459. The van der Waals surface area contributed by atoms with Gasteiger partial charge in [-0.3, -0.25) is 4.98 Å². The maximum absolute atomic E-state index is 11.6. The molecule has 6 heteroatoms. The molecular weight excluding hydrogens is 292 g/mol. The summed E-state index contributed by atoms with van der Waals surface area (Å²) in [6.07, 6.45) is 4.98. The molecule has 0 radical (unpaired) electrons. The smallest absolute Gasteiger partial charge is 0.407 e. The lowest BCUT2D eigenvalue weighted by Crippen LogP contribution is -2.42. The standard InChI is InChI=1S/C17H30N4O2/c1-17(2,3)23-16(22)20-11-7-15(13-18)21(4)12-8-14-5-9-19-10-6-14/h5-6,9-10,15H,7-8,11-13,18H2,1-4H3,(H,20,22). The number of ether oxygens (including phenoxy) is 1. The van der Waals surface area contributed by atoms with Crippen molar-refractivity contribution in [3.63, 3.8) is 0 Å². The third kappa shape index (κ3) is 8.52. The van der Waals surface area contributed by atoms with Crippen molar-refractivity contribution in [1.82, 2.24) is 15.2 Å². The van der Waals surface area contributed by atoms with Crippen LogP contribution < -0.4 is 11.1 Å². The highest BCUT2D eigenvalue weighted by molar-refractivity contribution is 5.67. The van der Waals surface area contributed by atoms with Crippen LogP contribution >= 0.6 is 0 Å². The third-order valence-corrected chi connectivity index (χ3v) is 3.54. The van der Waals surface area contributed by atoms with E-state index in [0.29, 0.717) is 13.1 Å². The number of likely N-dealkylation sites (N-methyl/N-ethyl adjacent to an activating group) is 1. The first-order chi connectivity index (χ1) is 10.8. The van der Waals surface area contributed by atoms with E-state index < -0.39 is 5.60 Å². The van der Waals surface area contributed by atoms with Crippen LogP contribution in [0.5, 0.6) is 0 Å². The van der Waals surface area contributed by atoms with Crippen molar-refractivity contribution in [2.45, 2.75) is 45.3 Å². The molecule has 130 valence electrons. The second-order valence-corrected chi connectivity index (χ2v) is 6.69. The summed E-state index contributed by atoms with van der Waals surface area (Å²) < 4.78 is 5.22. The summed E-state index contributed by atoms with van der Waals surface area (Å²) in [5.41, 5.74) is 6.65. The summed E-state index contributed by atoms with van der Waals surface area (Å²) in [6.45, 7) is 7.57. The predicted molar refractivity (Wildman–Crippen MR) is 92.3 cm³/mol. The summed E-state index contributed by atoms with van der Waals surface area (Å²) in [7, 11) is 2.06. The Morgan fingerprint density at radius 3 is 2.61 bits per heavy atom. The van der Waals surface area contributed by atoms with E-state index in [2.05, 4.69) is 22.2 Å². The van der Waals surface area contributed by atoms with Crippen LogP contribution in [0.25, 0.3) is 0 Å². The molecule has 0 saturated carbocycles. The van der Waals surface area contributed by atoms with Crippen LogP contribution in [0.4, 0.5) is 4.79 Å². The predicted octanol–water partition coefficient (Wildman–Crippen LogP) is 1.80. The number of carbonyl (C=O) groups is 1. The van der Waals surface area contributed by atoms with Gasteiger partial charge in [0.1, 0.15) is 5.60 Å². The zero-order valence-electron chi connectivity index (χ0n) is 14.7. The first-order valence-electron chi connectivity index (χ1n) is 8.08. The second-order valence-electron chi connectivity index (χ2n) is 6.69. The molecule has 3 N–H and O–H groups in total. The number of pyridine rings is 1. The van der Waals surface area contributed by atoms with E-state index in [1.54, 1.807) is 12.4 Å². The SMILES string of the molecule is CN(CCc1ccncc1)C(CN)CCNC(=O)OC(C)(C)C. The average molecular weight is 322 g/mol. The molecule has 0 aliphatic rings. The van der Waals surface area contributed by atoms with Gasteiger partial charge in [-0.2, -0.15) is 0 Å². The molecule has 0 aliphatic carbocycles. The molecule has 1 rings (SSSR count). The number of amides is 1. The van der Waals surface area contributed by atoms with E-state index in [9.17, 15) is 4.79 Å². The Labute approximate surface area is 139 Å². The maximum Gasteiger partial charge on any atom is 0.407 e. The molecule has 1 unspecified atom stereocenters. The van der Waals surface area contributed by atoms with E-state index >= 15 is 0 Å². The number of nitrogens with zero attached hydrogens (tertiary/aromatic N) is 2. The normalized spacial score (nSPS) is 13.0. The van der Waals surface area contributed by atoms with Crippen LogP contribution in [0.15, 0.2) is 24.5 Å². The Hall–Kier alpha value is -1.66. The maximum atomic E-state index is 11.6. The van der Waals surface area contributed by atoms with Crippen LogP contribution in [0.2, 0.25) is 0 Å². The number of nitrogens with two attached hydrogens (primary N) is 1. The minimum Gasteiger partial charge on any atom is -0.444 e. The van der Waals surface area contributed by atoms with Crippen molar-refractivity contribution in [3.05, 3.63) is 30.1 Å². The Balaban J connectivity index is 2.31. The monoisotopic (exact) mass is 322 g/mol. The number of hydrogen-bond acceptors (Lipinski definition) is 5. The van der Waals surface area contributed by atoms with Gasteiger partial charge in [-0.15, -0.1) is 0 Å². The summed E-state index contributed by atoms with van der Waals surface area (Å²) in [5.74, 6) is 0. The van der Waals surface area contributed by atoms with E-state index in [0.717, 1.165) is 19.4 Å². The Kier molecular flexibility index (Phi) is 7.98. The molecule has 0 aliphatic heterocycles. The molecule has 0 bridgehead atoms. The van der Waals surface area contributed by atoms with Crippen molar-refractivity contribution in [2.75, 3.05) is 26.7 Å². The van der Waals surface area contributed by atoms with E-state index in [1.807, 2.05) is 32.9 Å². The Morgan fingerprint density at radius 1 is 1.39 bits per heavy atom. The highest BCUT2D eigenvalue weighted by atomic mass is 16.6. The van der Waals surface area contributed by atoms with Gasteiger partial charge in [0.05, 0.1) is 0 Å². The summed E-state index contributed by atoms with van der Waals surface area (Å²) in [5, 5.41) is 2.78. The molecule has 1 aromatic rings. The quantitative estimate of drug-likeness (QED) is 0.763. The molecule has 1 amide bonds. The van der Waals surface area contributed by atoms with Gasteiger partial charge in [0, 0.05) is 38.1 Å². The zero-order chi connectivity index (χ0) is 17.3. The van der Waals surface area contributed by atoms with Gasteiger partial charge in [-0.05, 0) is 58.4 Å². The molecule has 0 spiro atoms. The first kappa shape index (κ1) is 19.4. The molecule has 6 nitrogen and oxygen atoms in total. The van der Waals surface area contributed by atoms with E-state index in [1.165, 1.54) is 5.56 Å². The summed E-state index contributed by atoms with van der Waals surface area (Å²) >= 11 is 0. The molecule has 23 heavy (non-hydrogen) atoms. The Morgan fingerprint density at radius 2 is 2.04 bits per heavy atom. The zero-order valence-corrected chi connectivity index (χ0v) is 14.7. The molecule has 1 heterocycles. The van der Waals surface area contributed by atoms with Gasteiger partial charge in [0.2, 0.25) is 0 Å². The summed E-state index contributed by atoms with van der Waals surface area (Å²) in [4.78, 5) is 17.9. The highest BCUT2D eigenvalue weighted by Gasteiger charge is 2.17. The second kappa shape index (κ2) is 9.47. The van der Waals surface area contributed by atoms with Gasteiger partial charge in [0.25, 0.3) is 0 Å². The first-order valence-corrected chi connectivity index (χ1v) is 8.08. The molecule has 1 atom stereocenters. The van der Waals surface area contributed by atoms with Gasteiger partial charge in [-0.1, -0.05) is 0 Å². The molecule has 0 aromatic carbocycles. The highest BCUT2D eigenvalue weighted by Crippen LogP contribution is 2.07. The number of nitrogens with one attached hydrogen (secondary N) is 1. The fourth-order valence-electron chi connectivity index (χ4n) is 2.21. The number of rotatable bonds is 8. The van der Waals surface area contributed by atoms with E-state index in [-0.39, 0.29) is 12.1 Å².